The minimum absolute atomic E-state index is 0.00495. The Morgan fingerprint density at radius 3 is 2.76 bits per heavy atom. The standard InChI is InChI=1S/C13H19NO3/c1-4-17-13(15)14-10(2)9-11-7-5-6-8-12(11)16-3/h5-8,10H,4,9H2,1-3H3,(H,14,15). The first-order valence-corrected chi connectivity index (χ1v) is 5.72. The number of carbonyl (C=O) groups excluding carboxylic acids is 1. The van der Waals surface area contributed by atoms with Gasteiger partial charge in [0.1, 0.15) is 5.75 Å². The molecule has 0 spiro atoms. The number of rotatable bonds is 5. The second kappa shape index (κ2) is 6.78. The van der Waals surface area contributed by atoms with Crippen LogP contribution in [-0.2, 0) is 11.2 Å². The quantitative estimate of drug-likeness (QED) is 0.855. The molecule has 1 N–H and O–H groups in total. The lowest BCUT2D eigenvalue weighted by Gasteiger charge is -2.15. The molecule has 0 bridgehead atoms. The van der Waals surface area contributed by atoms with E-state index in [0.717, 1.165) is 11.3 Å². The van der Waals surface area contributed by atoms with Crippen LogP contribution in [0.15, 0.2) is 24.3 Å². The smallest absolute Gasteiger partial charge is 0.407 e. The van der Waals surface area contributed by atoms with E-state index in [1.807, 2.05) is 31.2 Å². The van der Waals surface area contributed by atoms with Gasteiger partial charge in [-0.2, -0.15) is 0 Å². The Labute approximate surface area is 102 Å². The highest BCUT2D eigenvalue weighted by atomic mass is 16.5. The molecule has 0 aliphatic carbocycles. The van der Waals surface area contributed by atoms with Crippen LogP contribution in [0.3, 0.4) is 0 Å². The molecular formula is C13H19NO3. The second-order valence-corrected chi connectivity index (χ2v) is 3.78. The van der Waals surface area contributed by atoms with Gasteiger partial charge in [0, 0.05) is 6.04 Å². The van der Waals surface area contributed by atoms with Crippen molar-refractivity contribution in [1.29, 1.82) is 0 Å². The number of ether oxygens (including phenoxy) is 2. The Kier molecular flexibility index (Phi) is 5.33. The normalized spacial score (nSPS) is 11.7. The van der Waals surface area contributed by atoms with Gasteiger partial charge in [-0.3, -0.25) is 0 Å². The SMILES string of the molecule is CCOC(=O)NC(C)Cc1ccccc1OC. The number of carbonyl (C=O) groups is 1. The largest absolute Gasteiger partial charge is 0.496 e. The van der Waals surface area contributed by atoms with Crippen LogP contribution in [0.2, 0.25) is 0 Å². The van der Waals surface area contributed by atoms with E-state index in [1.165, 1.54) is 0 Å². The van der Waals surface area contributed by atoms with Crippen LogP contribution in [-0.4, -0.2) is 25.9 Å². The van der Waals surface area contributed by atoms with Crippen molar-refractivity contribution in [2.45, 2.75) is 26.3 Å². The van der Waals surface area contributed by atoms with Crippen LogP contribution >= 0.6 is 0 Å². The summed E-state index contributed by atoms with van der Waals surface area (Å²) >= 11 is 0. The van der Waals surface area contributed by atoms with Crippen molar-refractivity contribution in [3.8, 4) is 5.75 Å². The number of nitrogens with one attached hydrogen (secondary N) is 1. The molecule has 0 aliphatic rings. The lowest BCUT2D eigenvalue weighted by molar-refractivity contribution is 0.148. The van der Waals surface area contributed by atoms with Gasteiger partial charge in [-0.1, -0.05) is 18.2 Å². The highest BCUT2D eigenvalue weighted by Crippen LogP contribution is 2.18. The maximum atomic E-state index is 11.2. The van der Waals surface area contributed by atoms with E-state index < -0.39 is 0 Å². The summed E-state index contributed by atoms with van der Waals surface area (Å²) in [5.74, 6) is 0.838. The number of amides is 1. The second-order valence-electron chi connectivity index (χ2n) is 3.78. The molecule has 0 saturated carbocycles. The molecule has 94 valence electrons. The van der Waals surface area contributed by atoms with Crippen molar-refractivity contribution >= 4 is 6.09 Å². The third kappa shape index (κ3) is 4.34. The van der Waals surface area contributed by atoms with Gasteiger partial charge in [-0.05, 0) is 31.9 Å². The predicted molar refractivity (Wildman–Crippen MR) is 66.3 cm³/mol. The van der Waals surface area contributed by atoms with Gasteiger partial charge in [-0.25, -0.2) is 4.79 Å². The Balaban J connectivity index is 2.55. The van der Waals surface area contributed by atoms with E-state index in [2.05, 4.69) is 5.32 Å². The van der Waals surface area contributed by atoms with Gasteiger partial charge in [0.25, 0.3) is 0 Å². The maximum Gasteiger partial charge on any atom is 0.407 e. The molecule has 0 aliphatic heterocycles. The van der Waals surface area contributed by atoms with Crippen LogP contribution in [0, 0.1) is 0 Å². The van der Waals surface area contributed by atoms with E-state index >= 15 is 0 Å². The van der Waals surface area contributed by atoms with Gasteiger partial charge in [-0.15, -0.1) is 0 Å². The fourth-order valence-corrected chi connectivity index (χ4v) is 1.63. The van der Waals surface area contributed by atoms with Gasteiger partial charge in [0.05, 0.1) is 13.7 Å². The van der Waals surface area contributed by atoms with Gasteiger partial charge >= 0.3 is 6.09 Å². The number of hydrogen-bond donors (Lipinski definition) is 1. The minimum Gasteiger partial charge on any atom is -0.496 e. The molecule has 0 fully saturated rings. The monoisotopic (exact) mass is 237 g/mol. The zero-order valence-corrected chi connectivity index (χ0v) is 10.5. The topological polar surface area (TPSA) is 47.6 Å². The molecule has 1 aromatic rings. The van der Waals surface area contributed by atoms with E-state index in [1.54, 1.807) is 14.0 Å². The Hall–Kier alpha value is -1.71. The zero-order valence-electron chi connectivity index (χ0n) is 10.5. The number of alkyl carbamates (subject to hydrolysis) is 1. The molecule has 1 amide bonds. The molecule has 17 heavy (non-hydrogen) atoms. The summed E-state index contributed by atoms with van der Waals surface area (Å²) in [7, 11) is 1.64. The molecule has 0 saturated heterocycles. The van der Waals surface area contributed by atoms with E-state index in [0.29, 0.717) is 13.0 Å². The van der Waals surface area contributed by atoms with Crippen molar-refractivity contribution in [1.82, 2.24) is 5.32 Å². The molecule has 4 heteroatoms. The van der Waals surface area contributed by atoms with Crippen LogP contribution in [0.1, 0.15) is 19.4 Å². The number of methoxy groups -OCH3 is 1. The summed E-state index contributed by atoms with van der Waals surface area (Å²) in [6.45, 7) is 4.10. The summed E-state index contributed by atoms with van der Waals surface area (Å²) in [5, 5.41) is 2.76. The first-order valence-electron chi connectivity index (χ1n) is 5.72. The number of para-hydroxylation sites is 1. The van der Waals surface area contributed by atoms with E-state index in [-0.39, 0.29) is 12.1 Å². The van der Waals surface area contributed by atoms with Crippen molar-refractivity contribution < 1.29 is 14.3 Å². The fraction of sp³-hybridized carbons (Fsp3) is 0.462. The highest BCUT2D eigenvalue weighted by molar-refractivity contribution is 5.67. The third-order valence-electron chi connectivity index (χ3n) is 2.36. The van der Waals surface area contributed by atoms with Gasteiger partial charge in [0.15, 0.2) is 0 Å². The molecular weight excluding hydrogens is 218 g/mol. The molecule has 0 radical (unpaired) electrons. The van der Waals surface area contributed by atoms with Gasteiger partial charge < -0.3 is 14.8 Å². The molecule has 0 aromatic heterocycles. The molecule has 1 aromatic carbocycles. The first kappa shape index (κ1) is 13.4. The molecule has 1 unspecified atom stereocenters. The van der Waals surface area contributed by atoms with E-state index in [9.17, 15) is 4.79 Å². The van der Waals surface area contributed by atoms with Crippen LogP contribution in [0.5, 0.6) is 5.75 Å². The Morgan fingerprint density at radius 2 is 2.12 bits per heavy atom. The van der Waals surface area contributed by atoms with Crippen molar-refractivity contribution in [2.75, 3.05) is 13.7 Å². The van der Waals surface area contributed by atoms with Crippen molar-refractivity contribution in [3.05, 3.63) is 29.8 Å². The van der Waals surface area contributed by atoms with E-state index in [4.69, 9.17) is 9.47 Å². The highest BCUT2D eigenvalue weighted by Gasteiger charge is 2.10. The molecule has 4 nitrogen and oxygen atoms in total. The number of benzene rings is 1. The summed E-state index contributed by atoms with van der Waals surface area (Å²) in [5.41, 5.74) is 1.07. The van der Waals surface area contributed by atoms with Crippen molar-refractivity contribution in [2.24, 2.45) is 0 Å². The van der Waals surface area contributed by atoms with Crippen LogP contribution in [0.4, 0.5) is 4.79 Å². The average Bonchev–Trinajstić information content (AvgIpc) is 2.29. The first-order chi connectivity index (χ1) is 8.17. The molecule has 1 atom stereocenters. The minimum atomic E-state index is -0.380. The third-order valence-corrected chi connectivity index (χ3v) is 2.36. The molecule has 1 rings (SSSR count). The average molecular weight is 237 g/mol. The summed E-state index contributed by atoms with van der Waals surface area (Å²) in [6.07, 6.45) is 0.331. The van der Waals surface area contributed by atoms with Crippen molar-refractivity contribution in [3.63, 3.8) is 0 Å². The van der Waals surface area contributed by atoms with Crippen LogP contribution < -0.4 is 10.1 Å². The van der Waals surface area contributed by atoms with Gasteiger partial charge in [0.2, 0.25) is 0 Å². The number of hydrogen-bond acceptors (Lipinski definition) is 3. The lowest BCUT2D eigenvalue weighted by Crippen LogP contribution is -2.34. The Bertz CT molecular complexity index is 365. The summed E-state index contributed by atoms with van der Waals surface area (Å²) < 4.78 is 10.1. The zero-order chi connectivity index (χ0) is 12.7. The fourth-order valence-electron chi connectivity index (χ4n) is 1.63. The molecule has 0 heterocycles. The summed E-state index contributed by atoms with van der Waals surface area (Å²) in [6, 6.07) is 7.78. The summed E-state index contributed by atoms with van der Waals surface area (Å²) in [4.78, 5) is 11.2. The van der Waals surface area contributed by atoms with Crippen LogP contribution in [0.25, 0.3) is 0 Å². The Morgan fingerprint density at radius 1 is 1.41 bits per heavy atom. The lowest BCUT2D eigenvalue weighted by atomic mass is 10.1. The maximum absolute atomic E-state index is 11.2. The predicted octanol–water partition coefficient (Wildman–Crippen LogP) is 2.37.